The van der Waals surface area contributed by atoms with Crippen LogP contribution in [-0.4, -0.2) is 29.5 Å². The molecule has 1 saturated heterocycles. The van der Waals surface area contributed by atoms with Crippen molar-refractivity contribution in [3.05, 3.63) is 29.8 Å². The number of carbonyl (C=O) groups is 2. The number of amides is 2. The number of rotatable bonds is 4. The molecule has 1 atom stereocenters. The molecule has 2 rings (SSSR count). The van der Waals surface area contributed by atoms with Crippen LogP contribution in [0.2, 0.25) is 0 Å². The highest BCUT2D eigenvalue weighted by Crippen LogP contribution is 2.17. The lowest BCUT2D eigenvalue weighted by atomic mass is 10.1. The van der Waals surface area contributed by atoms with Crippen LogP contribution in [-0.2, 0) is 16.0 Å². The molecule has 0 bridgehead atoms. The van der Waals surface area contributed by atoms with Gasteiger partial charge >= 0.3 is 0 Å². The van der Waals surface area contributed by atoms with Gasteiger partial charge in [-0.3, -0.25) is 9.59 Å². The highest BCUT2D eigenvalue weighted by Gasteiger charge is 2.22. The van der Waals surface area contributed by atoms with E-state index in [1.807, 2.05) is 6.07 Å². The minimum absolute atomic E-state index is 0.0987. The van der Waals surface area contributed by atoms with Gasteiger partial charge < -0.3 is 15.7 Å². The van der Waals surface area contributed by atoms with Crippen molar-refractivity contribution in [1.29, 1.82) is 0 Å². The molecule has 0 aromatic heterocycles. The predicted molar refractivity (Wildman–Crippen MR) is 75.2 cm³/mol. The zero-order valence-corrected chi connectivity index (χ0v) is 11.4. The van der Waals surface area contributed by atoms with Gasteiger partial charge in [0, 0.05) is 13.0 Å². The maximum absolute atomic E-state index is 11.9. The molecule has 2 amide bonds. The minimum atomic E-state index is -0.422. The number of hydrogen-bond acceptors (Lipinski definition) is 3. The molecule has 0 saturated carbocycles. The summed E-state index contributed by atoms with van der Waals surface area (Å²) in [6, 6.07) is 6.54. The van der Waals surface area contributed by atoms with Crippen LogP contribution in [0.4, 0.5) is 0 Å². The molecule has 1 aliphatic rings. The Kier molecular flexibility index (Phi) is 4.98. The number of phenolic OH excluding ortho intramolecular Hbond substituents is 1. The Balaban J connectivity index is 1.83. The van der Waals surface area contributed by atoms with E-state index in [4.69, 9.17) is 0 Å². The Bertz CT molecular complexity index is 488. The van der Waals surface area contributed by atoms with Crippen LogP contribution in [0.3, 0.4) is 0 Å². The van der Waals surface area contributed by atoms with E-state index in [0.29, 0.717) is 19.4 Å². The monoisotopic (exact) mass is 276 g/mol. The summed E-state index contributed by atoms with van der Waals surface area (Å²) in [5.41, 5.74) is 0.743. The highest BCUT2D eigenvalue weighted by molar-refractivity contribution is 5.87. The van der Waals surface area contributed by atoms with Crippen LogP contribution in [0.25, 0.3) is 0 Å². The molecule has 1 aliphatic heterocycles. The third-order valence-corrected chi connectivity index (χ3v) is 3.48. The van der Waals surface area contributed by atoms with Crippen LogP contribution in [0, 0.1) is 0 Å². The number of nitrogens with one attached hydrogen (secondary N) is 2. The van der Waals surface area contributed by atoms with Gasteiger partial charge in [-0.25, -0.2) is 0 Å². The summed E-state index contributed by atoms with van der Waals surface area (Å²) in [5, 5.41) is 15.2. The predicted octanol–water partition coefficient (Wildman–Crippen LogP) is 1.11. The third kappa shape index (κ3) is 3.98. The molecule has 108 valence electrons. The smallest absolute Gasteiger partial charge is 0.242 e. The highest BCUT2D eigenvalue weighted by atomic mass is 16.3. The molecule has 1 fully saturated rings. The quantitative estimate of drug-likeness (QED) is 0.771. The molecule has 0 spiro atoms. The first-order valence-electron chi connectivity index (χ1n) is 7.01. The van der Waals surface area contributed by atoms with Crippen LogP contribution < -0.4 is 10.6 Å². The average molecular weight is 276 g/mol. The number of carbonyl (C=O) groups excluding carboxylic acids is 2. The summed E-state index contributed by atoms with van der Waals surface area (Å²) >= 11 is 0. The summed E-state index contributed by atoms with van der Waals surface area (Å²) < 4.78 is 0. The van der Waals surface area contributed by atoms with Crippen LogP contribution in [0.15, 0.2) is 24.3 Å². The van der Waals surface area contributed by atoms with Gasteiger partial charge in [-0.05, 0) is 37.3 Å². The van der Waals surface area contributed by atoms with E-state index >= 15 is 0 Å². The fourth-order valence-corrected chi connectivity index (χ4v) is 2.31. The van der Waals surface area contributed by atoms with Crippen LogP contribution in [0.1, 0.15) is 31.2 Å². The fraction of sp³-hybridized carbons (Fsp3) is 0.467. The molecule has 3 N–H and O–H groups in total. The van der Waals surface area contributed by atoms with Crippen molar-refractivity contribution in [3.63, 3.8) is 0 Å². The third-order valence-electron chi connectivity index (χ3n) is 3.48. The number of benzene rings is 1. The van der Waals surface area contributed by atoms with E-state index in [0.717, 1.165) is 18.4 Å². The molecular formula is C15H20N2O3. The minimum Gasteiger partial charge on any atom is -0.508 e. The Morgan fingerprint density at radius 1 is 1.35 bits per heavy atom. The van der Waals surface area contributed by atoms with E-state index < -0.39 is 6.04 Å². The summed E-state index contributed by atoms with van der Waals surface area (Å²) in [6.07, 6.45) is 3.31. The van der Waals surface area contributed by atoms with Gasteiger partial charge in [-0.1, -0.05) is 18.2 Å². The van der Waals surface area contributed by atoms with Gasteiger partial charge in [0.2, 0.25) is 11.8 Å². The standard InChI is InChI=1S/C15H20N2O3/c18-13-7-2-1-5-11(13)8-9-14(19)17-12-6-3-4-10-16-15(12)20/h1-2,5,7,12,18H,3-4,6,8-10H2,(H,16,20)(H,17,19). The first kappa shape index (κ1) is 14.4. The topological polar surface area (TPSA) is 78.4 Å². The molecule has 1 aromatic rings. The maximum Gasteiger partial charge on any atom is 0.242 e. The Morgan fingerprint density at radius 2 is 2.15 bits per heavy atom. The van der Waals surface area contributed by atoms with Crippen molar-refractivity contribution < 1.29 is 14.7 Å². The number of para-hydroxylation sites is 1. The first-order chi connectivity index (χ1) is 9.66. The largest absolute Gasteiger partial charge is 0.508 e. The van der Waals surface area contributed by atoms with Crippen molar-refractivity contribution in [2.24, 2.45) is 0 Å². The Hall–Kier alpha value is -2.04. The molecular weight excluding hydrogens is 256 g/mol. The van der Waals surface area contributed by atoms with E-state index in [1.54, 1.807) is 18.2 Å². The average Bonchev–Trinajstić information content (AvgIpc) is 2.63. The summed E-state index contributed by atoms with van der Waals surface area (Å²) in [4.78, 5) is 23.6. The molecule has 0 aliphatic carbocycles. The molecule has 0 radical (unpaired) electrons. The number of aryl methyl sites for hydroxylation is 1. The first-order valence-corrected chi connectivity index (χ1v) is 7.01. The van der Waals surface area contributed by atoms with Crippen LogP contribution in [0.5, 0.6) is 5.75 Å². The number of hydrogen-bond donors (Lipinski definition) is 3. The lowest BCUT2D eigenvalue weighted by molar-refractivity contribution is -0.128. The Morgan fingerprint density at radius 3 is 2.95 bits per heavy atom. The second-order valence-corrected chi connectivity index (χ2v) is 5.04. The normalized spacial score (nSPS) is 19.0. The Labute approximate surface area is 118 Å². The van der Waals surface area contributed by atoms with Gasteiger partial charge in [-0.2, -0.15) is 0 Å². The van der Waals surface area contributed by atoms with E-state index in [2.05, 4.69) is 10.6 Å². The van der Waals surface area contributed by atoms with Gasteiger partial charge in [-0.15, -0.1) is 0 Å². The van der Waals surface area contributed by atoms with E-state index in [-0.39, 0.29) is 24.0 Å². The zero-order chi connectivity index (χ0) is 14.4. The fourth-order valence-electron chi connectivity index (χ4n) is 2.31. The summed E-state index contributed by atoms with van der Waals surface area (Å²) in [6.45, 7) is 0.684. The number of aromatic hydroxyl groups is 1. The van der Waals surface area contributed by atoms with E-state index in [9.17, 15) is 14.7 Å². The SMILES string of the molecule is O=C(CCc1ccccc1O)NC1CCCCNC1=O. The molecule has 5 heteroatoms. The molecule has 1 heterocycles. The van der Waals surface area contributed by atoms with Crippen molar-refractivity contribution in [1.82, 2.24) is 10.6 Å². The van der Waals surface area contributed by atoms with Gasteiger partial charge in [0.25, 0.3) is 0 Å². The van der Waals surface area contributed by atoms with Crippen molar-refractivity contribution in [3.8, 4) is 5.75 Å². The summed E-state index contributed by atoms with van der Waals surface area (Å²) in [5.74, 6) is -0.0544. The number of phenols is 1. The summed E-state index contributed by atoms with van der Waals surface area (Å²) in [7, 11) is 0. The van der Waals surface area contributed by atoms with Gasteiger partial charge in [0.05, 0.1) is 0 Å². The zero-order valence-electron chi connectivity index (χ0n) is 11.4. The molecule has 5 nitrogen and oxygen atoms in total. The van der Waals surface area contributed by atoms with Crippen molar-refractivity contribution in [2.75, 3.05) is 6.54 Å². The maximum atomic E-state index is 11.9. The molecule has 1 aromatic carbocycles. The lowest BCUT2D eigenvalue weighted by Crippen LogP contribution is -2.45. The van der Waals surface area contributed by atoms with Crippen molar-refractivity contribution >= 4 is 11.8 Å². The van der Waals surface area contributed by atoms with E-state index in [1.165, 1.54) is 0 Å². The van der Waals surface area contributed by atoms with Gasteiger partial charge in [0.1, 0.15) is 11.8 Å². The van der Waals surface area contributed by atoms with Crippen molar-refractivity contribution in [2.45, 2.75) is 38.1 Å². The second kappa shape index (κ2) is 6.93. The van der Waals surface area contributed by atoms with Crippen LogP contribution >= 0.6 is 0 Å². The second-order valence-electron chi connectivity index (χ2n) is 5.04. The van der Waals surface area contributed by atoms with Gasteiger partial charge in [0.15, 0.2) is 0 Å². The molecule has 1 unspecified atom stereocenters. The lowest BCUT2D eigenvalue weighted by Gasteiger charge is -2.15. The molecule has 20 heavy (non-hydrogen) atoms.